The number of nitrogens with one attached hydrogen (secondary N) is 1. The summed E-state index contributed by atoms with van der Waals surface area (Å²) < 4.78 is 22.3. The Morgan fingerprint density at radius 3 is 2.54 bits per heavy atom. The van der Waals surface area contributed by atoms with Crippen molar-refractivity contribution in [3.63, 3.8) is 0 Å². The van der Waals surface area contributed by atoms with Crippen molar-refractivity contribution in [2.45, 2.75) is 12.1 Å². The van der Waals surface area contributed by atoms with Crippen LogP contribution < -0.4 is 5.32 Å². The van der Waals surface area contributed by atoms with Gasteiger partial charge in [0.1, 0.15) is 6.67 Å². The lowest BCUT2D eigenvalue weighted by atomic mass is 10.3. The quantitative estimate of drug-likeness (QED) is 0.621. The van der Waals surface area contributed by atoms with Gasteiger partial charge in [0, 0.05) is 6.54 Å². The van der Waals surface area contributed by atoms with E-state index in [0.717, 1.165) is 0 Å². The molecule has 5 heteroatoms. The molecule has 1 aliphatic heterocycles. The fourth-order valence-corrected chi connectivity index (χ4v) is 1.09. The smallest absolute Gasteiger partial charge is 0.117 e. The molecule has 1 aliphatic rings. The molecule has 0 saturated carbocycles. The Hall–Kier alpha value is -0.230. The number of aliphatic hydroxyl groups is 1. The summed E-state index contributed by atoms with van der Waals surface area (Å²) in [5.74, 6) is 0. The summed E-state index contributed by atoms with van der Waals surface area (Å²) in [5.41, 5.74) is 0. The van der Waals surface area contributed by atoms with Gasteiger partial charge in [-0.3, -0.25) is 0 Å². The van der Waals surface area contributed by atoms with Gasteiger partial charge in [0.2, 0.25) is 0 Å². The van der Waals surface area contributed by atoms with Crippen LogP contribution in [0.1, 0.15) is 0 Å². The molecule has 0 spiro atoms. The van der Waals surface area contributed by atoms with E-state index >= 15 is 0 Å². The van der Waals surface area contributed by atoms with Gasteiger partial charge in [-0.1, -0.05) is 0 Å². The molecule has 0 bridgehead atoms. The lowest BCUT2D eigenvalue weighted by Gasteiger charge is -2.16. The minimum atomic E-state index is -0.928. The lowest BCUT2D eigenvalue weighted by molar-refractivity contribution is 0.103. The van der Waals surface area contributed by atoms with Gasteiger partial charge in [-0.2, -0.15) is 0 Å². The molecule has 1 fully saturated rings. The van der Waals surface area contributed by atoms with Crippen molar-refractivity contribution in [2.75, 3.05) is 39.6 Å². The Balaban J connectivity index is 2.11. The number of aliphatic hydroxyl groups excluding tert-OH is 1. The SMILES string of the molecule is OC(CF)CNC1COCCOC1. The largest absolute Gasteiger partial charge is 0.389 e. The first-order valence-electron chi connectivity index (χ1n) is 4.46. The number of halogens is 1. The molecule has 1 unspecified atom stereocenters. The molecule has 1 rings (SSSR count). The zero-order valence-electron chi connectivity index (χ0n) is 7.54. The third-order valence-electron chi connectivity index (χ3n) is 1.83. The average molecular weight is 193 g/mol. The average Bonchev–Trinajstić information content (AvgIpc) is 2.42. The van der Waals surface area contributed by atoms with Crippen LogP contribution in [0.15, 0.2) is 0 Å². The first kappa shape index (κ1) is 10.8. The van der Waals surface area contributed by atoms with Crippen molar-refractivity contribution in [2.24, 2.45) is 0 Å². The third kappa shape index (κ3) is 4.52. The van der Waals surface area contributed by atoms with Crippen molar-refractivity contribution in [3.05, 3.63) is 0 Å². The molecule has 4 nitrogen and oxygen atoms in total. The standard InChI is InChI=1S/C8H16FNO3/c9-3-8(11)4-10-7-5-12-1-2-13-6-7/h7-8,10-11H,1-6H2. The molecule has 2 N–H and O–H groups in total. The third-order valence-corrected chi connectivity index (χ3v) is 1.83. The molecule has 0 radical (unpaired) electrons. The molecule has 1 heterocycles. The first-order chi connectivity index (χ1) is 6.33. The van der Waals surface area contributed by atoms with Crippen molar-refractivity contribution < 1.29 is 19.0 Å². The van der Waals surface area contributed by atoms with Gasteiger partial charge in [-0.25, -0.2) is 4.39 Å². The summed E-state index contributed by atoms with van der Waals surface area (Å²) in [6, 6.07) is 0.0590. The molecular formula is C8H16FNO3. The van der Waals surface area contributed by atoms with Gasteiger partial charge in [-0.15, -0.1) is 0 Å². The maximum absolute atomic E-state index is 11.9. The topological polar surface area (TPSA) is 50.7 Å². The van der Waals surface area contributed by atoms with Crippen molar-refractivity contribution in [3.8, 4) is 0 Å². The van der Waals surface area contributed by atoms with Gasteiger partial charge in [0.15, 0.2) is 0 Å². The van der Waals surface area contributed by atoms with E-state index in [1.54, 1.807) is 0 Å². The van der Waals surface area contributed by atoms with Crippen LogP contribution in [0.4, 0.5) is 4.39 Å². The highest BCUT2D eigenvalue weighted by Crippen LogP contribution is 1.95. The molecule has 0 aromatic heterocycles. The maximum Gasteiger partial charge on any atom is 0.117 e. The van der Waals surface area contributed by atoms with Crippen LogP contribution in [0, 0.1) is 0 Å². The van der Waals surface area contributed by atoms with Crippen LogP contribution in [0.3, 0.4) is 0 Å². The second-order valence-electron chi connectivity index (χ2n) is 3.06. The van der Waals surface area contributed by atoms with Crippen molar-refractivity contribution in [1.29, 1.82) is 0 Å². The Morgan fingerprint density at radius 1 is 1.38 bits per heavy atom. The predicted molar refractivity (Wildman–Crippen MR) is 45.4 cm³/mol. The van der Waals surface area contributed by atoms with Crippen molar-refractivity contribution >= 4 is 0 Å². The van der Waals surface area contributed by atoms with Crippen LogP contribution in [0.2, 0.25) is 0 Å². The van der Waals surface area contributed by atoms with Crippen LogP contribution in [0.5, 0.6) is 0 Å². The van der Waals surface area contributed by atoms with Crippen LogP contribution in [-0.2, 0) is 9.47 Å². The Kier molecular flexibility index (Phi) is 5.22. The zero-order valence-corrected chi connectivity index (χ0v) is 7.54. The summed E-state index contributed by atoms with van der Waals surface area (Å²) in [5, 5.41) is 11.9. The highest BCUT2D eigenvalue weighted by Gasteiger charge is 2.13. The first-order valence-corrected chi connectivity index (χ1v) is 4.46. The molecule has 78 valence electrons. The van der Waals surface area contributed by atoms with E-state index in [4.69, 9.17) is 14.6 Å². The Labute approximate surface area is 77.0 Å². The molecule has 0 aliphatic carbocycles. The molecular weight excluding hydrogens is 177 g/mol. The van der Waals surface area contributed by atoms with E-state index in [1.165, 1.54) is 0 Å². The summed E-state index contributed by atoms with van der Waals surface area (Å²) in [6.07, 6.45) is -0.928. The monoisotopic (exact) mass is 193 g/mol. The molecule has 0 aromatic rings. The number of hydrogen-bond acceptors (Lipinski definition) is 4. The second kappa shape index (κ2) is 6.26. The van der Waals surface area contributed by atoms with Crippen molar-refractivity contribution in [1.82, 2.24) is 5.32 Å². The predicted octanol–water partition coefficient (Wildman–Crippen LogP) is -0.678. The van der Waals surface area contributed by atoms with Gasteiger partial charge in [0.25, 0.3) is 0 Å². The second-order valence-corrected chi connectivity index (χ2v) is 3.06. The van der Waals surface area contributed by atoms with Crippen LogP contribution in [-0.4, -0.2) is 56.9 Å². The molecule has 1 saturated heterocycles. The number of ether oxygens (including phenoxy) is 2. The minimum absolute atomic E-state index is 0.0590. The fraction of sp³-hybridized carbons (Fsp3) is 1.00. The highest BCUT2D eigenvalue weighted by molar-refractivity contribution is 4.69. The fourth-order valence-electron chi connectivity index (χ4n) is 1.09. The Bertz CT molecular complexity index is 129. The van der Waals surface area contributed by atoms with E-state index in [0.29, 0.717) is 26.4 Å². The minimum Gasteiger partial charge on any atom is -0.389 e. The zero-order chi connectivity index (χ0) is 9.52. The summed E-state index contributed by atoms with van der Waals surface area (Å²) >= 11 is 0. The summed E-state index contributed by atoms with van der Waals surface area (Å²) in [7, 11) is 0. The van der Waals surface area contributed by atoms with Gasteiger partial charge < -0.3 is 19.9 Å². The number of alkyl halides is 1. The summed E-state index contributed by atoms with van der Waals surface area (Å²) in [6.45, 7) is 1.83. The van der Waals surface area contributed by atoms with E-state index in [-0.39, 0.29) is 12.6 Å². The molecule has 1 atom stereocenters. The molecule has 0 aromatic carbocycles. The van der Waals surface area contributed by atoms with E-state index < -0.39 is 12.8 Å². The lowest BCUT2D eigenvalue weighted by Crippen LogP contribution is -2.41. The number of rotatable bonds is 4. The summed E-state index contributed by atoms with van der Waals surface area (Å²) in [4.78, 5) is 0. The van der Waals surface area contributed by atoms with Crippen LogP contribution >= 0.6 is 0 Å². The van der Waals surface area contributed by atoms with E-state index in [1.807, 2.05) is 0 Å². The normalized spacial score (nSPS) is 22.6. The van der Waals surface area contributed by atoms with E-state index in [9.17, 15) is 4.39 Å². The van der Waals surface area contributed by atoms with E-state index in [2.05, 4.69) is 5.32 Å². The van der Waals surface area contributed by atoms with Gasteiger partial charge >= 0.3 is 0 Å². The highest BCUT2D eigenvalue weighted by atomic mass is 19.1. The maximum atomic E-state index is 11.9. The number of hydrogen-bond donors (Lipinski definition) is 2. The molecule has 0 amide bonds. The van der Waals surface area contributed by atoms with Crippen LogP contribution in [0.25, 0.3) is 0 Å². The van der Waals surface area contributed by atoms with Gasteiger partial charge in [-0.05, 0) is 0 Å². The van der Waals surface area contributed by atoms with Gasteiger partial charge in [0.05, 0.1) is 38.6 Å². The molecule has 13 heavy (non-hydrogen) atoms. The Morgan fingerprint density at radius 2 is 2.00 bits per heavy atom.